The molecule has 4 N–H and O–H groups in total. The fourth-order valence-electron chi connectivity index (χ4n) is 2.63. The Balaban J connectivity index is 3.61. The average Bonchev–Trinajstić information content (AvgIpc) is 2.47. The van der Waals surface area contributed by atoms with Crippen LogP contribution in [-0.2, 0) is 9.59 Å². The van der Waals surface area contributed by atoms with Crippen LogP contribution in [0, 0.1) is 5.92 Å². The Kier molecular flexibility index (Phi) is 12.9. The van der Waals surface area contributed by atoms with Crippen molar-refractivity contribution in [3.63, 3.8) is 0 Å². The molecule has 22 heavy (non-hydrogen) atoms. The van der Waals surface area contributed by atoms with Crippen molar-refractivity contribution in [3.8, 4) is 0 Å². The van der Waals surface area contributed by atoms with Gasteiger partial charge in [-0.2, -0.15) is 0 Å². The topological polar surface area (TPSA) is 101 Å². The van der Waals surface area contributed by atoms with Crippen molar-refractivity contribution >= 4 is 11.9 Å². The summed E-state index contributed by atoms with van der Waals surface area (Å²) < 4.78 is 0. The van der Waals surface area contributed by atoms with E-state index >= 15 is 0 Å². The van der Waals surface area contributed by atoms with Crippen molar-refractivity contribution in [2.75, 3.05) is 0 Å². The average molecular weight is 315 g/mol. The van der Waals surface area contributed by atoms with E-state index in [1.165, 1.54) is 44.9 Å². The van der Waals surface area contributed by atoms with E-state index in [-0.39, 0.29) is 6.42 Å². The highest BCUT2D eigenvalue weighted by Gasteiger charge is 2.23. The van der Waals surface area contributed by atoms with Gasteiger partial charge in [-0.15, -0.1) is 0 Å². The molecule has 0 aliphatic rings. The first-order valence-corrected chi connectivity index (χ1v) is 8.70. The van der Waals surface area contributed by atoms with Crippen molar-refractivity contribution in [2.24, 2.45) is 11.7 Å². The molecule has 0 spiro atoms. The van der Waals surface area contributed by atoms with E-state index in [0.29, 0.717) is 6.42 Å². The number of unbranched alkanes of at least 4 members (excludes halogenated alkanes) is 9. The first-order valence-electron chi connectivity index (χ1n) is 8.70. The second-order valence-corrected chi connectivity index (χ2v) is 6.19. The van der Waals surface area contributed by atoms with E-state index in [9.17, 15) is 9.59 Å². The van der Waals surface area contributed by atoms with Gasteiger partial charge in [-0.05, 0) is 12.8 Å². The lowest BCUT2D eigenvalue weighted by Crippen LogP contribution is -2.34. The predicted octanol–water partition coefficient (Wildman–Crippen LogP) is 3.80. The molecule has 0 fully saturated rings. The van der Waals surface area contributed by atoms with Crippen LogP contribution in [0.3, 0.4) is 0 Å². The van der Waals surface area contributed by atoms with Gasteiger partial charge in [0, 0.05) is 0 Å². The number of carboxylic acid groups (broad SMARTS) is 2. The van der Waals surface area contributed by atoms with Crippen LogP contribution in [0.15, 0.2) is 0 Å². The molecule has 0 radical (unpaired) electrons. The monoisotopic (exact) mass is 315 g/mol. The summed E-state index contributed by atoms with van der Waals surface area (Å²) >= 11 is 0. The highest BCUT2D eigenvalue weighted by atomic mass is 16.4. The minimum Gasteiger partial charge on any atom is -0.481 e. The molecule has 0 saturated carbocycles. The van der Waals surface area contributed by atoms with E-state index in [1.54, 1.807) is 0 Å². The van der Waals surface area contributed by atoms with E-state index in [4.69, 9.17) is 15.9 Å². The molecule has 0 aromatic rings. The second-order valence-electron chi connectivity index (χ2n) is 6.19. The molecule has 0 aliphatic heterocycles. The van der Waals surface area contributed by atoms with Gasteiger partial charge in [-0.25, -0.2) is 0 Å². The second kappa shape index (κ2) is 13.6. The molecule has 2 unspecified atom stereocenters. The number of hydrogen-bond acceptors (Lipinski definition) is 3. The molecule has 0 rings (SSSR count). The zero-order valence-electron chi connectivity index (χ0n) is 13.9. The van der Waals surface area contributed by atoms with Gasteiger partial charge in [0.1, 0.15) is 6.04 Å². The normalized spacial score (nSPS) is 13.7. The molecule has 5 nitrogen and oxygen atoms in total. The third kappa shape index (κ3) is 11.5. The number of rotatable bonds is 15. The predicted molar refractivity (Wildman–Crippen MR) is 87.8 cm³/mol. The van der Waals surface area contributed by atoms with Crippen LogP contribution in [0.25, 0.3) is 0 Å². The van der Waals surface area contributed by atoms with E-state index in [2.05, 4.69) is 6.92 Å². The number of carbonyl (C=O) groups is 2. The number of hydrogen-bond donors (Lipinski definition) is 3. The highest BCUT2D eigenvalue weighted by Crippen LogP contribution is 2.17. The van der Waals surface area contributed by atoms with Gasteiger partial charge in [0.25, 0.3) is 0 Å². The number of nitrogens with two attached hydrogens (primary N) is 1. The van der Waals surface area contributed by atoms with Crippen LogP contribution < -0.4 is 5.73 Å². The lowest BCUT2D eigenvalue weighted by Gasteiger charge is -2.14. The lowest BCUT2D eigenvalue weighted by atomic mass is 9.94. The number of carboxylic acids is 2. The van der Waals surface area contributed by atoms with Crippen LogP contribution in [0.2, 0.25) is 0 Å². The first kappa shape index (κ1) is 20.9. The van der Waals surface area contributed by atoms with Crippen LogP contribution in [-0.4, -0.2) is 28.2 Å². The minimum absolute atomic E-state index is 0.0160. The lowest BCUT2D eigenvalue weighted by molar-refractivity contribution is -0.143. The maximum absolute atomic E-state index is 11.1. The maximum Gasteiger partial charge on any atom is 0.320 e. The van der Waals surface area contributed by atoms with Gasteiger partial charge < -0.3 is 15.9 Å². The molecule has 0 aromatic carbocycles. The van der Waals surface area contributed by atoms with Crippen molar-refractivity contribution < 1.29 is 19.8 Å². The van der Waals surface area contributed by atoms with Crippen molar-refractivity contribution in [1.29, 1.82) is 0 Å². The summed E-state index contributed by atoms with van der Waals surface area (Å²) in [6, 6.07) is -1.08. The molecule has 2 atom stereocenters. The molecular formula is C17H33NO4. The smallest absolute Gasteiger partial charge is 0.320 e. The summed E-state index contributed by atoms with van der Waals surface area (Å²) in [5.41, 5.74) is 5.41. The van der Waals surface area contributed by atoms with Crippen LogP contribution >= 0.6 is 0 Å². The summed E-state index contributed by atoms with van der Waals surface area (Å²) in [5.74, 6) is -2.71. The Morgan fingerprint density at radius 1 is 0.818 bits per heavy atom. The Bertz CT molecular complexity index is 307. The molecule has 0 saturated heterocycles. The molecule has 0 aliphatic carbocycles. The maximum atomic E-state index is 11.1. The van der Waals surface area contributed by atoms with E-state index in [0.717, 1.165) is 19.3 Å². The zero-order chi connectivity index (χ0) is 16.8. The molecule has 0 amide bonds. The molecule has 0 bridgehead atoms. The quantitative estimate of drug-likeness (QED) is 0.399. The fourth-order valence-corrected chi connectivity index (χ4v) is 2.63. The Morgan fingerprint density at radius 2 is 1.27 bits per heavy atom. The van der Waals surface area contributed by atoms with Gasteiger partial charge in [0.15, 0.2) is 0 Å². The molecular weight excluding hydrogens is 282 g/mol. The molecule has 130 valence electrons. The summed E-state index contributed by atoms with van der Waals surface area (Å²) in [5, 5.41) is 17.8. The fraction of sp³-hybridized carbons (Fsp3) is 0.882. The van der Waals surface area contributed by atoms with Crippen LogP contribution in [0.4, 0.5) is 0 Å². The Hall–Kier alpha value is -1.10. The Morgan fingerprint density at radius 3 is 1.68 bits per heavy atom. The van der Waals surface area contributed by atoms with Gasteiger partial charge in [0.05, 0.1) is 5.92 Å². The standard InChI is InChI=1S/C17H33NO4/c1-2-3-4-5-6-7-8-9-10-11-12-14(16(19)20)13-15(18)17(21)22/h14-15H,2-13,18H2,1H3,(H,19,20)(H,21,22). The number of aliphatic carboxylic acids is 2. The largest absolute Gasteiger partial charge is 0.481 e. The minimum atomic E-state index is -1.13. The third-order valence-electron chi connectivity index (χ3n) is 4.11. The highest BCUT2D eigenvalue weighted by molar-refractivity contribution is 5.75. The van der Waals surface area contributed by atoms with E-state index in [1.807, 2.05) is 0 Å². The Labute approximate surface area is 134 Å². The van der Waals surface area contributed by atoms with Crippen molar-refractivity contribution in [3.05, 3.63) is 0 Å². The zero-order valence-corrected chi connectivity index (χ0v) is 13.9. The summed E-state index contributed by atoms with van der Waals surface area (Å²) in [4.78, 5) is 21.8. The van der Waals surface area contributed by atoms with Gasteiger partial charge in [-0.3, -0.25) is 9.59 Å². The summed E-state index contributed by atoms with van der Waals surface area (Å²) in [7, 11) is 0. The molecule has 0 heterocycles. The van der Waals surface area contributed by atoms with Crippen molar-refractivity contribution in [1.82, 2.24) is 0 Å². The van der Waals surface area contributed by atoms with Gasteiger partial charge in [-0.1, -0.05) is 71.1 Å². The van der Waals surface area contributed by atoms with Crippen molar-refractivity contribution in [2.45, 2.75) is 90.0 Å². The van der Waals surface area contributed by atoms with Gasteiger partial charge in [0.2, 0.25) is 0 Å². The molecule has 5 heteroatoms. The van der Waals surface area contributed by atoms with E-state index < -0.39 is 23.9 Å². The third-order valence-corrected chi connectivity index (χ3v) is 4.11. The molecule has 0 aromatic heterocycles. The summed E-state index contributed by atoms with van der Waals surface area (Å²) in [6.07, 6.45) is 12.5. The van der Waals surface area contributed by atoms with Crippen LogP contribution in [0.5, 0.6) is 0 Å². The summed E-state index contributed by atoms with van der Waals surface area (Å²) in [6.45, 7) is 2.22. The first-order chi connectivity index (χ1) is 10.5. The SMILES string of the molecule is CCCCCCCCCCCCC(CC(N)C(=O)O)C(=O)O. The van der Waals surface area contributed by atoms with Crippen LogP contribution in [0.1, 0.15) is 84.0 Å². The van der Waals surface area contributed by atoms with Gasteiger partial charge >= 0.3 is 11.9 Å².